The normalized spacial score (nSPS) is 11.6. The Balaban J connectivity index is 2.16. The molecule has 2 rings (SSSR count). The average Bonchev–Trinajstić information content (AvgIpc) is 2.65. The number of aryl methyl sites for hydroxylation is 1. The quantitative estimate of drug-likeness (QED) is 0.309. The molecule has 0 fully saturated rings. The number of carbonyl (C=O) groups excluding carboxylic acids is 1. The molecular formula is C21H26N4O2. The predicted octanol–water partition coefficient (Wildman–Crippen LogP) is 2.92. The molecule has 2 aromatic carbocycles. The van der Waals surface area contributed by atoms with Crippen LogP contribution >= 0.6 is 0 Å². The molecule has 6 nitrogen and oxygen atoms in total. The van der Waals surface area contributed by atoms with Gasteiger partial charge in [0.25, 0.3) is 0 Å². The van der Waals surface area contributed by atoms with E-state index >= 15 is 0 Å². The van der Waals surface area contributed by atoms with E-state index in [0.29, 0.717) is 24.2 Å². The van der Waals surface area contributed by atoms with Gasteiger partial charge in [0.05, 0.1) is 13.0 Å². The first-order valence-corrected chi connectivity index (χ1v) is 8.94. The van der Waals surface area contributed by atoms with E-state index in [4.69, 9.17) is 27.0 Å². The van der Waals surface area contributed by atoms with Crippen LogP contribution in [0.25, 0.3) is 0 Å². The Morgan fingerprint density at radius 3 is 2.30 bits per heavy atom. The molecule has 142 valence electrons. The Bertz CT molecular complexity index is 815. The molecule has 6 heteroatoms. The summed E-state index contributed by atoms with van der Waals surface area (Å²) in [5.74, 6) is -0.175. The molecule has 27 heavy (non-hydrogen) atoms. The second kappa shape index (κ2) is 9.52. The van der Waals surface area contributed by atoms with Gasteiger partial charge >= 0.3 is 5.97 Å². The molecule has 0 aliphatic carbocycles. The lowest BCUT2D eigenvalue weighted by molar-refractivity contribution is -0.143. The third-order valence-electron chi connectivity index (χ3n) is 4.43. The first-order chi connectivity index (χ1) is 12.9. The van der Waals surface area contributed by atoms with Crippen LogP contribution in [0.15, 0.2) is 48.5 Å². The standard InChI is InChI=1S/C21H26N4O2/c1-2-27-19(26)13-17(15-8-10-16(11-9-15)20(22)23)7-6-14-4-3-5-18(12-14)21(24)25/h3-5,8-12,17H,2,6-7,13H2,1H3,(H3,22,23)(H3,24,25)/t17-/m0/s1. The number of ether oxygens (including phenoxy) is 1. The summed E-state index contributed by atoms with van der Waals surface area (Å²) >= 11 is 0. The number of hydrogen-bond acceptors (Lipinski definition) is 4. The fraction of sp³-hybridized carbons (Fsp3) is 0.286. The van der Waals surface area contributed by atoms with Crippen LogP contribution in [-0.2, 0) is 16.0 Å². The van der Waals surface area contributed by atoms with Crippen molar-refractivity contribution in [3.05, 3.63) is 70.8 Å². The number of rotatable bonds is 9. The summed E-state index contributed by atoms with van der Waals surface area (Å²) in [6.45, 7) is 2.15. The Labute approximate surface area is 159 Å². The fourth-order valence-electron chi connectivity index (χ4n) is 2.98. The van der Waals surface area contributed by atoms with Gasteiger partial charge in [-0.2, -0.15) is 0 Å². The van der Waals surface area contributed by atoms with Gasteiger partial charge in [-0.15, -0.1) is 0 Å². The van der Waals surface area contributed by atoms with Crippen molar-refractivity contribution in [3.63, 3.8) is 0 Å². The molecule has 0 unspecified atom stereocenters. The fourth-order valence-corrected chi connectivity index (χ4v) is 2.98. The second-order valence-electron chi connectivity index (χ2n) is 6.39. The maximum Gasteiger partial charge on any atom is 0.306 e. The summed E-state index contributed by atoms with van der Waals surface area (Å²) in [5.41, 5.74) is 14.5. The molecule has 0 heterocycles. The molecule has 6 N–H and O–H groups in total. The van der Waals surface area contributed by atoms with E-state index in [-0.39, 0.29) is 23.6 Å². The third kappa shape index (κ3) is 5.95. The SMILES string of the molecule is CCOC(=O)C[C@H](CCc1cccc(C(=N)N)c1)c1ccc(C(=N)N)cc1. The molecule has 0 saturated heterocycles. The van der Waals surface area contributed by atoms with Gasteiger partial charge in [-0.25, -0.2) is 0 Å². The van der Waals surface area contributed by atoms with E-state index in [1.54, 1.807) is 19.1 Å². The minimum atomic E-state index is -0.226. The zero-order valence-corrected chi connectivity index (χ0v) is 15.5. The van der Waals surface area contributed by atoms with Crippen molar-refractivity contribution in [1.82, 2.24) is 0 Å². The first kappa shape index (κ1) is 20.2. The highest BCUT2D eigenvalue weighted by atomic mass is 16.5. The van der Waals surface area contributed by atoms with Crippen LogP contribution in [0.5, 0.6) is 0 Å². The summed E-state index contributed by atoms with van der Waals surface area (Å²) in [4.78, 5) is 12.0. The molecule has 0 saturated carbocycles. The van der Waals surface area contributed by atoms with Crippen LogP contribution in [0, 0.1) is 10.8 Å². The van der Waals surface area contributed by atoms with Gasteiger partial charge in [-0.05, 0) is 42.9 Å². The van der Waals surface area contributed by atoms with Gasteiger partial charge in [-0.3, -0.25) is 15.6 Å². The molecule has 0 amide bonds. The van der Waals surface area contributed by atoms with E-state index in [1.807, 2.05) is 36.4 Å². The number of hydrogen-bond donors (Lipinski definition) is 4. The monoisotopic (exact) mass is 366 g/mol. The molecule has 0 radical (unpaired) electrons. The highest BCUT2D eigenvalue weighted by molar-refractivity contribution is 5.95. The second-order valence-corrected chi connectivity index (χ2v) is 6.39. The Morgan fingerprint density at radius 1 is 1.04 bits per heavy atom. The maximum atomic E-state index is 12.0. The molecule has 0 aliphatic rings. The predicted molar refractivity (Wildman–Crippen MR) is 107 cm³/mol. The lowest BCUT2D eigenvalue weighted by Crippen LogP contribution is -2.13. The Kier molecular flexibility index (Phi) is 7.11. The molecule has 1 atom stereocenters. The van der Waals surface area contributed by atoms with E-state index in [2.05, 4.69) is 0 Å². The van der Waals surface area contributed by atoms with Crippen molar-refractivity contribution in [3.8, 4) is 0 Å². The summed E-state index contributed by atoms with van der Waals surface area (Å²) in [5, 5.41) is 15.1. The maximum absolute atomic E-state index is 12.0. The number of benzene rings is 2. The number of amidine groups is 2. The van der Waals surface area contributed by atoms with Crippen LogP contribution in [-0.4, -0.2) is 24.2 Å². The van der Waals surface area contributed by atoms with Crippen LogP contribution in [0.1, 0.15) is 47.9 Å². The van der Waals surface area contributed by atoms with Gasteiger partial charge in [0.2, 0.25) is 0 Å². The Morgan fingerprint density at radius 2 is 1.70 bits per heavy atom. The van der Waals surface area contributed by atoms with Crippen molar-refractivity contribution >= 4 is 17.6 Å². The van der Waals surface area contributed by atoms with E-state index in [1.165, 1.54) is 0 Å². The molecule has 2 aromatic rings. The van der Waals surface area contributed by atoms with Crippen molar-refractivity contribution in [2.75, 3.05) is 6.61 Å². The van der Waals surface area contributed by atoms with Crippen LogP contribution in [0.3, 0.4) is 0 Å². The number of esters is 1. The van der Waals surface area contributed by atoms with Gasteiger partial charge in [-0.1, -0.05) is 42.5 Å². The Hall–Kier alpha value is -3.15. The number of nitrogens with one attached hydrogen (secondary N) is 2. The first-order valence-electron chi connectivity index (χ1n) is 8.94. The van der Waals surface area contributed by atoms with Crippen molar-refractivity contribution in [2.24, 2.45) is 11.5 Å². The highest BCUT2D eigenvalue weighted by Crippen LogP contribution is 2.26. The molecular weight excluding hydrogens is 340 g/mol. The minimum Gasteiger partial charge on any atom is -0.466 e. The smallest absolute Gasteiger partial charge is 0.306 e. The zero-order chi connectivity index (χ0) is 19.8. The van der Waals surface area contributed by atoms with Crippen LogP contribution < -0.4 is 11.5 Å². The van der Waals surface area contributed by atoms with Crippen molar-refractivity contribution in [2.45, 2.75) is 32.1 Å². The number of nitrogens with two attached hydrogens (primary N) is 2. The molecule has 0 bridgehead atoms. The van der Waals surface area contributed by atoms with Gasteiger partial charge in [0.15, 0.2) is 0 Å². The lowest BCUT2D eigenvalue weighted by atomic mass is 9.89. The van der Waals surface area contributed by atoms with E-state index in [9.17, 15) is 4.79 Å². The van der Waals surface area contributed by atoms with Gasteiger partial charge in [0, 0.05) is 11.1 Å². The number of carbonyl (C=O) groups is 1. The van der Waals surface area contributed by atoms with Crippen molar-refractivity contribution < 1.29 is 9.53 Å². The summed E-state index contributed by atoms with van der Waals surface area (Å²) in [6, 6.07) is 15.0. The lowest BCUT2D eigenvalue weighted by Gasteiger charge is -2.17. The van der Waals surface area contributed by atoms with E-state index < -0.39 is 0 Å². The molecule has 0 aliphatic heterocycles. The summed E-state index contributed by atoms with van der Waals surface area (Å²) in [7, 11) is 0. The number of nitrogen functional groups attached to an aromatic ring is 2. The summed E-state index contributed by atoms with van der Waals surface area (Å²) < 4.78 is 5.12. The topological polar surface area (TPSA) is 126 Å². The largest absolute Gasteiger partial charge is 0.466 e. The molecule has 0 spiro atoms. The van der Waals surface area contributed by atoms with Crippen LogP contribution in [0.2, 0.25) is 0 Å². The molecule has 0 aromatic heterocycles. The highest BCUT2D eigenvalue weighted by Gasteiger charge is 2.17. The summed E-state index contributed by atoms with van der Waals surface area (Å²) in [6.07, 6.45) is 1.79. The average molecular weight is 366 g/mol. The van der Waals surface area contributed by atoms with Crippen LogP contribution in [0.4, 0.5) is 0 Å². The van der Waals surface area contributed by atoms with Gasteiger partial charge < -0.3 is 16.2 Å². The van der Waals surface area contributed by atoms with Gasteiger partial charge in [0.1, 0.15) is 11.7 Å². The third-order valence-corrected chi connectivity index (χ3v) is 4.43. The van der Waals surface area contributed by atoms with E-state index in [0.717, 1.165) is 24.0 Å². The van der Waals surface area contributed by atoms with Crippen molar-refractivity contribution in [1.29, 1.82) is 10.8 Å². The zero-order valence-electron chi connectivity index (χ0n) is 15.5. The minimum absolute atomic E-state index is 0.00829.